The van der Waals surface area contributed by atoms with Crippen molar-refractivity contribution in [2.75, 3.05) is 17.7 Å². The monoisotopic (exact) mass is 262 g/mol. The van der Waals surface area contributed by atoms with Crippen molar-refractivity contribution in [1.29, 1.82) is 0 Å². The molecule has 0 aromatic carbocycles. The molecule has 92 valence electrons. The maximum absolute atomic E-state index is 12.2. The molecule has 0 saturated carbocycles. The van der Waals surface area contributed by atoms with E-state index in [1.807, 2.05) is 0 Å². The van der Waals surface area contributed by atoms with Crippen LogP contribution in [-0.2, 0) is 0 Å². The van der Waals surface area contributed by atoms with Crippen molar-refractivity contribution in [2.24, 2.45) is 0 Å². The maximum atomic E-state index is 12.2. The van der Waals surface area contributed by atoms with Crippen molar-refractivity contribution < 1.29 is 4.79 Å². The maximum Gasteiger partial charge on any atom is 0.278 e. The number of nitrogens with zero attached hydrogens (tertiary/aromatic N) is 3. The van der Waals surface area contributed by atoms with Crippen LogP contribution in [0.4, 0.5) is 11.5 Å². The summed E-state index contributed by atoms with van der Waals surface area (Å²) in [5.74, 6) is -0.0809. The van der Waals surface area contributed by atoms with Crippen LogP contribution in [0.15, 0.2) is 36.7 Å². The van der Waals surface area contributed by atoms with Gasteiger partial charge < -0.3 is 10.6 Å². The van der Waals surface area contributed by atoms with Crippen LogP contribution in [0.25, 0.3) is 0 Å². The third-order valence-corrected chi connectivity index (χ3v) is 2.71. The predicted octanol–water partition coefficient (Wildman–Crippen LogP) is 1.99. The normalized spacial score (nSPS) is 10.1. The number of rotatable bonds is 2. The van der Waals surface area contributed by atoms with Gasteiger partial charge in [0.15, 0.2) is 0 Å². The molecule has 5 nitrogen and oxygen atoms in total. The Morgan fingerprint density at radius 3 is 2.83 bits per heavy atom. The highest BCUT2D eigenvalue weighted by Gasteiger charge is 2.18. The van der Waals surface area contributed by atoms with Crippen molar-refractivity contribution in [2.45, 2.75) is 0 Å². The summed E-state index contributed by atoms with van der Waals surface area (Å²) in [5.41, 5.74) is 6.33. The zero-order valence-electron chi connectivity index (χ0n) is 9.67. The molecule has 2 aromatic heterocycles. The van der Waals surface area contributed by atoms with E-state index in [9.17, 15) is 4.79 Å². The summed E-state index contributed by atoms with van der Waals surface area (Å²) >= 11 is 5.94. The number of pyridine rings is 2. The zero-order chi connectivity index (χ0) is 13.1. The minimum atomic E-state index is -0.333. The number of halogens is 1. The summed E-state index contributed by atoms with van der Waals surface area (Å²) in [7, 11) is 1.63. The molecule has 0 spiro atoms. The predicted molar refractivity (Wildman–Crippen MR) is 70.6 cm³/mol. The van der Waals surface area contributed by atoms with Crippen LogP contribution in [0.1, 0.15) is 10.5 Å². The summed E-state index contributed by atoms with van der Waals surface area (Å²) in [4.78, 5) is 21.5. The van der Waals surface area contributed by atoms with Crippen molar-refractivity contribution in [3.05, 3.63) is 47.4 Å². The molecule has 1 amide bonds. The number of carbonyl (C=O) groups excluding carboxylic acids is 1. The third kappa shape index (κ3) is 2.41. The van der Waals surface area contributed by atoms with Crippen LogP contribution in [0.5, 0.6) is 0 Å². The van der Waals surface area contributed by atoms with Crippen LogP contribution >= 0.6 is 11.6 Å². The molecule has 2 aromatic rings. The van der Waals surface area contributed by atoms with Gasteiger partial charge in [-0.2, -0.15) is 0 Å². The number of carbonyl (C=O) groups is 1. The van der Waals surface area contributed by atoms with Gasteiger partial charge in [-0.1, -0.05) is 11.6 Å². The van der Waals surface area contributed by atoms with E-state index in [2.05, 4.69) is 9.97 Å². The fourth-order valence-corrected chi connectivity index (χ4v) is 1.62. The van der Waals surface area contributed by atoms with Gasteiger partial charge in [0.2, 0.25) is 0 Å². The van der Waals surface area contributed by atoms with Gasteiger partial charge in [-0.05, 0) is 24.3 Å². The highest BCUT2D eigenvalue weighted by atomic mass is 35.5. The number of aromatic nitrogens is 2. The van der Waals surface area contributed by atoms with Gasteiger partial charge in [0.25, 0.3) is 5.91 Å². The third-order valence-electron chi connectivity index (χ3n) is 2.41. The van der Waals surface area contributed by atoms with Crippen molar-refractivity contribution in [3.8, 4) is 0 Å². The first-order valence-corrected chi connectivity index (χ1v) is 5.57. The molecule has 0 radical (unpaired) electrons. The largest absolute Gasteiger partial charge is 0.384 e. The lowest BCUT2D eigenvalue weighted by atomic mass is 10.3. The highest BCUT2D eigenvalue weighted by molar-refractivity contribution is 6.34. The van der Waals surface area contributed by atoms with Gasteiger partial charge in [0, 0.05) is 13.2 Å². The first kappa shape index (κ1) is 12.3. The van der Waals surface area contributed by atoms with Gasteiger partial charge in [-0.3, -0.25) is 9.78 Å². The van der Waals surface area contributed by atoms with E-state index in [0.29, 0.717) is 5.69 Å². The number of amides is 1. The second-order valence-corrected chi connectivity index (χ2v) is 4.05. The smallest absolute Gasteiger partial charge is 0.278 e. The van der Waals surface area contributed by atoms with E-state index in [1.165, 1.54) is 4.90 Å². The van der Waals surface area contributed by atoms with Crippen molar-refractivity contribution in [1.82, 2.24) is 9.97 Å². The fraction of sp³-hybridized carbons (Fsp3) is 0.0833. The zero-order valence-corrected chi connectivity index (χ0v) is 10.4. The van der Waals surface area contributed by atoms with Crippen molar-refractivity contribution in [3.63, 3.8) is 0 Å². The van der Waals surface area contributed by atoms with Crippen LogP contribution in [0, 0.1) is 0 Å². The Hall–Kier alpha value is -2.14. The molecule has 0 bridgehead atoms. The summed E-state index contributed by atoms with van der Waals surface area (Å²) in [6, 6.07) is 6.61. The number of hydrogen-bond acceptors (Lipinski definition) is 4. The molecule has 0 saturated heterocycles. The fourth-order valence-electron chi connectivity index (χ4n) is 1.44. The summed E-state index contributed by atoms with van der Waals surface area (Å²) in [6.07, 6.45) is 3.21. The van der Waals surface area contributed by atoms with Crippen LogP contribution in [0.3, 0.4) is 0 Å². The summed E-state index contributed by atoms with van der Waals surface area (Å²) < 4.78 is 0. The van der Waals surface area contributed by atoms with E-state index in [4.69, 9.17) is 17.3 Å². The van der Waals surface area contributed by atoms with Crippen LogP contribution in [-0.4, -0.2) is 22.9 Å². The lowest BCUT2D eigenvalue weighted by molar-refractivity contribution is 0.0988. The molecule has 6 heteroatoms. The first-order valence-electron chi connectivity index (χ1n) is 5.19. The van der Waals surface area contributed by atoms with E-state index in [-0.39, 0.29) is 22.4 Å². The molecular formula is C12H11ClN4O. The van der Waals surface area contributed by atoms with Crippen LogP contribution in [0.2, 0.25) is 5.02 Å². The van der Waals surface area contributed by atoms with Crippen molar-refractivity contribution >= 4 is 29.0 Å². The molecule has 18 heavy (non-hydrogen) atoms. The minimum Gasteiger partial charge on any atom is -0.384 e. The summed E-state index contributed by atoms with van der Waals surface area (Å²) in [6.45, 7) is 0. The molecular weight excluding hydrogens is 252 g/mol. The summed E-state index contributed by atoms with van der Waals surface area (Å²) in [5, 5.41) is 0.268. The topological polar surface area (TPSA) is 72.1 Å². The van der Waals surface area contributed by atoms with Gasteiger partial charge in [-0.25, -0.2) is 4.98 Å². The van der Waals surface area contributed by atoms with Gasteiger partial charge in [0.05, 0.1) is 16.9 Å². The van der Waals surface area contributed by atoms with E-state index < -0.39 is 0 Å². The molecule has 2 heterocycles. The Balaban J connectivity index is 2.34. The molecule has 0 fully saturated rings. The van der Waals surface area contributed by atoms with Gasteiger partial charge in [0.1, 0.15) is 11.5 Å². The average Bonchev–Trinajstić information content (AvgIpc) is 2.41. The van der Waals surface area contributed by atoms with Crippen LogP contribution < -0.4 is 10.6 Å². The lowest BCUT2D eigenvalue weighted by Gasteiger charge is -2.16. The molecule has 2 N–H and O–H groups in total. The van der Waals surface area contributed by atoms with E-state index in [1.54, 1.807) is 43.7 Å². The Bertz CT molecular complexity index is 574. The lowest BCUT2D eigenvalue weighted by Crippen LogP contribution is -2.27. The van der Waals surface area contributed by atoms with E-state index >= 15 is 0 Å². The van der Waals surface area contributed by atoms with Gasteiger partial charge >= 0.3 is 0 Å². The second kappa shape index (κ2) is 5.01. The molecule has 2 rings (SSSR count). The number of hydrogen-bond donors (Lipinski definition) is 1. The standard InChI is InChI=1S/C12H11ClN4O/c1-17(8-3-2-6-15-7-8)12(18)11-9(13)4-5-10(14)16-11/h2-7H,1H3,(H2,14,16). The second-order valence-electron chi connectivity index (χ2n) is 3.64. The highest BCUT2D eigenvalue weighted by Crippen LogP contribution is 2.19. The number of nitrogen functional groups attached to an aromatic ring is 1. The Morgan fingerprint density at radius 2 is 2.17 bits per heavy atom. The molecule has 0 aliphatic heterocycles. The SMILES string of the molecule is CN(C(=O)c1nc(N)ccc1Cl)c1cccnc1. The molecule has 0 atom stereocenters. The molecule has 0 aliphatic carbocycles. The number of anilines is 2. The molecule has 0 unspecified atom stereocenters. The Morgan fingerprint density at radius 1 is 1.39 bits per heavy atom. The minimum absolute atomic E-state index is 0.128. The van der Waals surface area contributed by atoms with Gasteiger partial charge in [-0.15, -0.1) is 0 Å². The Kier molecular flexibility index (Phi) is 3.43. The Labute approximate surface area is 109 Å². The quantitative estimate of drug-likeness (QED) is 0.898. The first-order chi connectivity index (χ1) is 8.59. The molecule has 0 aliphatic rings. The number of nitrogens with two attached hydrogens (primary N) is 1. The average molecular weight is 263 g/mol. The van der Waals surface area contributed by atoms with E-state index in [0.717, 1.165) is 0 Å².